The molecule has 0 aromatic carbocycles. The van der Waals surface area contributed by atoms with Crippen molar-refractivity contribution in [3.05, 3.63) is 41.0 Å². The van der Waals surface area contributed by atoms with Gasteiger partial charge in [0, 0.05) is 6.20 Å². The number of alkyl halides is 2. The van der Waals surface area contributed by atoms with Crippen molar-refractivity contribution in [2.75, 3.05) is 6.61 Å². The number of rotatable bonds is 4. The summed E-state index contributed by atoms with van der Waals surface area (Å²) in [7, 11) is 0. The van der Waals surface area contributed by atoms with E-state index in [0.717, 1.165) is 12.3 Å². The molecule has 1 N–H and O–H groups in total. The molecule has 0 radical (unpaired) electrons. The number of hydrogen-bond acceptors (Lipinski definition) is 5. The molecule has 0 bridgehead atoms. The molecular formula is C11H8BrF2N3O2. The number of aliphatic hydroxyl groups excluding tert-OH is 1. The molecule has 100 valence electrons. The third-order valence-corrected chi connectivity index (χ3v) is 2.70. The molecule has 8 heteroatoms. The van der Waals surface area contributed by atoms with Crippen LogP contribution in [0, 0.1) is 0 Å². The highest BCUT2D eigenvalue weighted by Crippen LogP contribution is 2.29. The number of aromatic nitrogens is 3. The topological polar surface area (TPSA) is 68.1 Å². The van der Waals surface area contributed by atoms with E-state index in [-0.39, 0.29) is 11.6 Å². The Hall–Kier alpha value is -1.67. The molecule has 5 nitrogen and oxygen atoms in total. The van der Waals surface area contributed by atoms with Gasteiger partial charge < -0.3 is 9.84 Å². The predicted octanol–water partition coefficient (Wildman–Crippen LogP) is 2.51. The van der Waals surface area contributed by atoms with Crippen LogP contribution < -0.4 is 4.74 Å². The Kier molecular flexibility index (Phi) is 4.01. The van der Waals surface area contributed by atoms with E-state index in [2.05, 4.69) is 30.9 Å². The monoisotopic (exact) mass is 331 g/mol. The van der Waals surface area contributed by atoms with Crippen molar-refractivity contribution >= 4 is 15.9 Å². The summed E-state index contributed by atoms with van der Waals surface area (Å²) in [5, 5.41) is 8.54. The molecule has 0 saturated heterocycles. The molecule has 0 aliphatic rings. The third kappa shape index (κ3) is 3.21. The van der Waals surface area contributed by atoms with Gasteiger partial charge in [-0.3, -0.25) is 4.98 Å². The fourth-order valence-corrected chi connectivity index (χ4v) is 1.53. The molecule has 0 aliphatic carbocycles. The number of hydrogen-bond donors (Lipinski definition) is 1. The minimum Gasteiger partial charge on any atom is -0.436 e. The third-order valence-electron chi connectivity index (χ3n) is 2.16. The van der Waals surface area contributed by atoms with Gasteiger partial charge in [0.05, 0.1) is 10.7 Å². The fraction of sp³-hybridized carbons (Fsp3) is 0.182. The molecule has 0 spiro atoms. The Balaban J connectivity index is 2.18. The predicted molar refractivity (Wildman–Crippen MR) is 65.0 cm³/mol. The second kappa shape index (κ2) is 5.54. The quantitative estimate of drug-likeness (QED) is 0.932. The number of halogens is 3. The van der Waals surface area contributed by atoms with Gasteiger partial charge in [0.15, 0.2) is 0 Å². The van der Waals surface area contributed by atoms with Crippen LogP contribution in [0.2, 0.25) is 0 Å². The lowest BCUT2D eigenvalue weighted by atomic mass is 10.2. The van der Waals surface area contributed by atoms with Crippen molar-refractivity contribution in [3.63, 3.8) is 0 Å². The van der Waals surface area contributed by atoms with Crippen molar-refractivity contribution < 1.29 is 18.6 Å². The highest BCUT2D eigenvalue weighted by atomic mass is 79.9. The van der Waals surface area contributed by atoms with Gasteiger partial charge in [-0.15, -0.1) is 0 Å². The van der Waals surface area contributed by atoms with E-state index in [4.69, 9.17) is 9.84 Å². The standard InChI is InChI=1S/C11H8BrF2N3O2/c12-8-4-15-6-17-10(8)19-7-1-2-9(16-3-7)11(13,14)5-18/h1-4,6,18H,5H2. The highest BCUT2D eigenvalue weighted by molar-refractivity contribution is 9.10. The first-order chi connectivity index (χ1) is 9.03. The maximum atomic E-state index is 13.1. The average molecular weight is 332 g/mol. The van der Waals surface area contributed by atoms with Crippen molar-refractivity contribution in [3.8, 4) is 11.6 Å². The van der Waals surface area contributed by atoms with Gasteiger partial charge in [0.2, 0.25) is 5.88 Å². The van der Waals surface area contributed by atoms with Gasteiger partial charge in [-0.25, -0.2) is 9.97 Å². The van der Waals surface area contributed by atoms with Crippen LogP contribution >= 0.6 is 15.9 Å². The van der Waals surface area contributed by atoms with Crippen LogP contribution in [0.5, 0.6) is 11.6 Å². The zero-order valence-electron chi connectivity index (χ0n) is 9.42. The van der Waals surface area contributed by atoms with Crippen LogP contribution in [0.25, 0.3) is 0 Å². The van der Waals surface area contributed by atoms with Crippen molar-refractivity contribution in [2.24, 2.45) is 0 Å². The Morgan fingerprint density at radius 1 is 1.26 bits per heavy atom. The maximum Gasteiger partial charge on any atom is 0.312 e. The van der Waals surface area contributed by atoms with E-state index in [9.17, 15) is 8.78 Å². The number of ether oxygens (including phenoxy) is 1. The van der Waals surface area contributed by atoms with E-state index >= 15 is 0 Å². The van der Waals surface area contributed by atoms with Crippen LogP contribution in [0.3, 0.4) is 0 Å². The van der Waals surface area contributed by atoms with Crippen LogP contribution in [-0.2, 0) is 5.92 Å². The van der Waals surface area contributed by atoms with Gasteiger partial charge in [0.25, 0.3) is 0 Å². The zero-order valence-corrected chi connectivity index (χ0v) is 11.0. The second-order valence-electron chi connectivity index (χ2n) is 3.52. The first kappa shape index (κ1) is 13.8. The normalized spacial score (nSPS) is 11.4. The lowest BCUT2D eigenvalue weighted by Gasteiger charge is -2.12. The molecule has 0 saturated carbocycles. The summed E-state index contributed by atoms with van der Waals surface area (Å²) in [4.78, 5) is 11.2. The molecule has 0 unspecified atom stereocenters. The molecular weight excluding hydrogens is 324 g/mol. The van der Waals surface area contributed by atoms with Gasteiger partial charge in [-0.1, -0.05) is 0 Å². The molecule has 0 fully saturated rings. The summed E-state index contributed by atoms with van der Waals surface area (Å²) in [5.41, 5.74) is -0.524. The summed E-state index contributed by atoms with van der Waals surface area (Å²) < 4.78 is 32.1. The highest BCUT2D eigenvalue weighted by Gasteiger charge is 2.32. The van der Waals surface area contributed by atoms with E-state index in [0.29, 0.717) is 4.47 Å². The lowest BCUT2D eigenvalue weighted by Crippen LogP contribution is -2.19. The summed E-state index contributed by atoms with van der Waals surface area (Å²) >= 11 is 3.19. The summed E-state index contributed by atoms with van der Waals surface area (Å²) in [6, 6.07) is 2.40. The van der Waals surface area contributed by atoms with Gasteiger partial charge in [0.1, 0.15) is 24.4 Å². The summed E-state index contributed by atoms with van der Waals surface area (Å²) in [6.07, 6.45) is 3.92. The zero-order chi connectivity index (χ0) is 13.9. The van der Waals surface area contributed by atoms with Gasteiger partial charge in [-0.2, -0.15) is 8.78 Å². The van der Waals surface area contributed by atoms with Gasteiger partial charge in [-0.05, 0) is 28.1 Å². The van der Waals surface area contributed by atoms with E-state index in [1.54, 1.807) is 0 Å². The van der Waals surface area contributed by atoms with E-state index < -0.39 is 18.2 Å². The Morgan fingerprint density at radius 2 is 2.05 bits per heavy atom. The average Bonchev–Trinajstić information content (AvgIpc) is 2.42. The molecule has 2 aromatic rings. The number of nitrogens with zero attached hydrogens (tertiary/aromatic N) is 3. The van der Waals surface area contributed by atoms with Crippen LogP contribution in [0.15, 0.2) is 35.3 Å². The summed E-state index contributed by atoms with van der Waals surface area (Å²) in [5.74, 6) is -2.87. The van der Waals surface area contributed by atoms with Crippen molar-refractivity contribution in [1.82, 2.24) is 15.0 Å². The van der Waals surface area contributed by atoms with Gasteiger partial charge >= 0.3 is 5.92 Å². The Bertz CT molecular complexity index is 566. The minimum absolute atomic E-state index is 0.247. The largest absolute Gasteiger partial charge is 0.436 e. The lowest BCUT2D eigenvalue weighted by molar-refractivity contribution is -0.0592. The fourth-order valence-electron chi connectivity index (χ4n) is 1.23. The molecule has 2 rings (SSSR count). The van der Waals surface area contributed by atoms with Crippen LogP contribution in [0.4, 0.5) is 8.78 Å². The molecule has 0 aliphatic heterocycles. The summed E-state index contributed by atoms with van der Waals surface area (Å²) in [6.45, 7) is -1.29. The molecule has 19 heavy (non-hydrogen) atoms. The Labute approximate surface area is 115 Å². The van der Waals surface area contributed by atoms with Crippen molar-refractivity contribution in [2.45, 2.75) is 5.92 Å². The molecule has 0 atom stereocenters. The van der Waals surface area contributed by atoms with E-state index in [1.807, 2.05) is 0 Å². The smallest absolute Gasteiger partial charge is 0.312 e. The van der Waals surface area contributed by atoms with Crippen LogP contribution in [0.1, 0.15) is 5.69 Å². The molecule has 2 heterocycles. The first-order valence-electron chi connectivity index (χ1n) is 5.11. The Morgan fingerprint density at radius 3 is 2.63 bits per heavy atom. The first-order valence-corrected chi connectivity index (χ1v) is 5.91. The van der Waals surface area contributed by atoms with E-state index in [1.165, 1.54) is 18.6 Å². The van der Waals surface area contributed by atoms with Crippen LogP contribution in [-0.4, -0.2) is 26.7 Å². The number of pyridine rings is 1. The molecule has 0 amide bonds. The maximum absolute atomic E-state index is 13.1. The SMILES string of the molecule is OCC(F)(F)c1ccc(Oc2ncncc2Br)cn1. The second-order valence-corrected chi connectivity index (χ2v) is 4.37. The number of aliphatic hydroxyl groups is 1. The van der Waals surface area contributed by atoms with Crippen molar-refractivity contribution in [1.29, 1.82) is 0 Å². The minimum atomic E-state index is -3.37. The molecule has 2 aromatic heterocycles.